The van der Waals surface area contributed by atoms with Crippen molar-refractivity contribution in [3.63, 3.8) is 0 Å². The number of fused-ring (bicyclic) bond motifs is 9. The molecule has 13 rings (SSSR count). The van der Waals surface area contributed by atoms with E-state index < -0.39 is 0 Å². The smallest absolute Gasteiger partial charge is 0.164 e. The van der Waals surface area contributed by atoms with Crippen LogP contribution in [0.15, 0.2) is 211 Å². The number of hydrogen-bond acceptors (Lipinski definition) is 5. The van der Waals surface area contributed by atoms with Gasteiger partial charge in [0, 0.05) is 64.1 Å². The summed E-state index contributed by atoms with van der Waals surface area (Å²) < 4.78 is 11.3. The SMILES string of the molecule is c1ccc(-c2cccc(-c3ccc4sc5cc(-c6nc(-c7ccccc7)nc(-c7ccc8c(c7)oc7ccc(-n9c%10ccccc%10c%10ccccc%109)cc78)n6)ccc5c4c3)c2)cc1. The Labute approximate surface area is 365 Å². The summed E-state index contributed by atoms with van der Waals surface area (Å²) in [7, 11) is 0. The van der Waals surface area contributed by atoms with E-state index in [0.717, 1.165) is 44.3 Å². The molecule has 0 saturated heterocycles. The first-order valence-corrected chi connectivity index (χ1v) is 21.9. The van der Waals surface area contributed by atoms with E-state index in [9.17, 15) is 0 Å². The first-order chi connectivity index (χ1) is 31.2. The summed E-state index contributed by atoms with van der Waals surface area (Å²) in [5, 5.41) is 7.03. The zero-order valence-corrected chi connectivity index (χ0v) is 34.6. The van der Waals surface area contributed by atoms with E-state index >= 15 is 0 Å². The monoisotopic (exact) mass is 822 g/mol. The first-order valence-electron chi connectivity index (χ1n) is 21.1. The van der Waals surface area contributed by atoms with Gasteiger partial charge >= 0.3 is 0 Å². The highest BCUT2D eigenvalue weighted by atomic mass is 32.1. The number of benzene rings is 9. The van der Waals surface area contributed by atoms with Crippen LogP contribution in [0.3, 0.4) is 0 Å². The lowest BCUT2D eigenvalue weighted by Crippen LogP contribution is -2.00. The van der Waals surface area contributed by atoms with Crippen LogP contribution in [-0.2, 0) is 0 Å². The van der Waals surface area contributed by atoms with E-state index in [1.54, 1.807) is 11.3 Å². The Hall–Kier alpha value is -8.19. The Morgan fingerprint density at radius 2 is 0.889 bits per heavy atom. The first kappa shape index (κ1) is 35.6. The van der Waals surface area contributed by atoms with Gasteiger partial charge in [-0.3, -0.25) is 0 Å². The van der Waals surface area contributed by atoms with Gasteiger partial charge in [-0.2, -0.15) is 0 Å². The van der Waals surface area contributed by atoms with E-state index in [-0.39, 0.29) is 0 Å². The minimum Gasteiger partial charge on any atom is -0.456 e. The molecular formula is C57H34N4OS. The van der Waals surface area contributed by atoms with Crippen LogP contribution in [-0.4, -0.2) is 19.5 Å². The Kier molecular flexibility index (Phi) is 8.01. The molecule has 0 radical (unpaired) electrons. The van der Waals surface area contributed by atoms with Gasteiger partial charge in [0.25, 0.3) is 0 Å². The van der Waals surface area contributed by atoms with Crippen LogP contribution in [0.4, 0.5) is 0 Å². The van der Waals surface area contributed by atoms with E-state index in [4.69, 9.17) is 19.4 Å². The maximum absolute atomic E-state index is 6.55. The summed E-state index contributed by atoms with van der Waals surface area (Å²) >= 11 is 1.79. The second-order valence-electron chi connectivity index (χ2n) is 16.0. The van der Waals surface area contributed by atoms with Gasteiger partial charge in [0.15, 0.2) is 17.5 Å². The van der Waals surface area contributed by atoms with Crippen LogP contribution in [0.1, 0.15) is 0 Å². The standard InChI is InChI=1S/C57H34N4OS/c1-3-12-35(13-4-1)37-16-11-17-38(30-37)39-24-29-53-48(31-39)46-27-23-41(33-54(46)63-53)57-59-55(36-14-5-2-6-15-36)58-56(60-57)40-22-26-45-47-34-42(25-28-51(47)62-52(45)32-40)61-49-20-9-7-18-43(49)44-19-8-10-21-50(44)61/h1-34H. The average molecular weight is 823 g/mol. The molecule has 4 aromatic heterocycles. The fourth-order valence-corrected chi connectivity index (χ4v) is 10.3. The van der Waals surface area contributed by atoms with E-state index in [1.165, 1.54) is 64.2 Å². The van der Waals surface area contributed by atoms with E-state index in [1.807, 2.05) is 30.3 Å². The normalized spacial score (nSPS) is 11.8. The summed E-state index contributed by atoms with van der Waals surface area (Å²) in [5.74, 6) is 1.83. The van der Waals surface area contributed by atoms with Gasteiger partial charge in [-0.15, -0.1) is 11.3 Å². The molecule has 13 aromatic rings. The minimum atomic E-state index is 0.589. The molecule has 0 fully saturated rings. The molecule has 0 aliphatic heterocycles. The molecule has 0 bridgehead atoms. The lowest BCUT2D eigenvalue weighted by Gasteiger charge is -2.09. The maximum Gasteiger partial charge on any atom is 0.164 e. The lowest BCUT2D eigenvalue weighted by molar-refractivity contribution is 0.669. The maximum atomic E-state index is 6.55. The van der Waals surface area contributed by atoms with Crippen LogP contribution in [0.2, 0.25) is 0 Å². The number of furan rings is 1. The predicted molar refractivity (Wildman–Crippen MR) is 262 cm³/mol. The van der Waals surface area contributed by atoms with Crippen molar-refractivity contribution < 1.29 is 4.42 Å². The molecule has 0 saturated carbocycles. The van der Waals surface area contributed by atoms with Crippen molar-refractivity contribution in [2.45, 2.75) is 0 Å². The summed E-state index contributed by atoms with van der Waals surface area (Å²) in [4.78, 5) is 15.3. The van der Waals surface area contributed by atoms with Crippen molar-refractivity contribution in [3.8, 4) is 62.1 Å². The Balaban J connectivity index is 0.894. The Morgan fingerprint density at radius 3 is 1.62 bits per heavy atom. The zero-order valence-electron chi connectivity index (χ0n) is 33.7. The second kappa shape index (κ2) is 14.2. The number of nitrogens with zero attached hydrogens (tertiary/aromatic N) is 4. The van der Waals surface area contributed by atoms with Crippen molar-refractivity contribution in [1.29, 1.82) is 0 Å². The molecule has 0 amide bonds. The van der Waals surface area contributed by atoms with Crippen LogP contribution in [0, 0.1) is 0 Å². The van der Waals surface area contributed by atoms with Crippen molar-refractivity contribution in [2.24, 2.45) is 0 Å². The highest BCUT2D eigenvalue weighted by Gasteiger charge is 2.18. The van der Waals surface area contributed by atoms with Crippen molar-refractivity contribution in [1.82, 2.24) is 19.5 Å². The number of para-hydroxylation sites is 2. The highest BCUT2D eigenvalue weighted by Crippen LogP contribution is 2.40. The molecule has 0 N–H and O–H groups in total. The highest BCUT2D eigenvalue weighted by molar-refractivity contribution is 7.25. The molecule has 9 aromatic carbocycles. The average Bonchev–Trinajstić information content (AvgIpc) is 4.03. The summed E-state index contributed by atoms with van der Waals surface area (Å²) in [6, 6.07) is 72.8. The molecule has 0 aliphatic carbocycles. The molecule has 6 heteroatoms. The molecule has 0 unspecified atom stereocenters. The molecule has 0 aliphatic rings. The summed E-state index contributed by atoms with van der Waals surface area (Å²) in [6.45, 7) is 0. The fraction of sp³-hybridized carbons (Fsp3) is 0. The third kappa shape index (κ3) is 5.95. The molecular weight excluding hydrogens is 789 g/mol. The Morgan fingerprint density at radius 1 is 0.317 bits per heavy atom. The van der Waals surface area contributed by atoms with Gasteiger partial charge < -0.3 is 8.98 Å². The third-order valence-electron chi connectivity index (χ3n) is 12.3. The number of aromatic nitrogens is 4. The van der Waals surface area contributed by atoms with Gasteiger partial charge in [0.1, 0.15) is 11.2 Å². The van der Waals surface area contributed by atoms with E-state index in [2.05, 4.69) is 180 Å². The number of thiophene rings is 1. The zero-order chi connectivity index (χ0) is 41.4. The lowest BCUT2D eigenvalue weighted by atomic mass is 9.98. The fourth-order valence-electron chi connectivity index (χ4n) is 9.20. The van der Waals surface area contributed by atoms with Crippen LogP contribution < -0.4 is 0 Å². The molecule has 63 heavy (non-hydrogen) atoms. The molecule has 5 nitrogen and oxygen atoms in total. The van der Waals surface area contributed by atoms with Crippen molar-refractivity contribution in [3.05, 3.63) is 206 Å². The quantitative estimate of drug-likeness (QED) is 0.168. The molecule has 294 valence electrons. The van der Waals surface area contributed by atoms with Crippen LogP contribution in [0.5, 0.6) is 0 Å². The van der Waals surface area contributed by atoms with Crippen molar-refractivity contribution >= 4 is 75.3 Å². The van der Waals surface area contributed by atoms with Gasteiger partial charge in [0.05, 0.1) is 11.0 Å². The van der Waals surface area contributed by atoms with Crippen LogP contribution in [0.25, 0.3) is 126 Å². The molecule has 0 atom stereocenters. The van der Waals surface area contributed by atoms with Crippen molar-refractivity contribution in [2.75, 3.05) is 0 Å². The largest absolute Gasteiger partial charge is 0.456 e. The minimum absolute atomic E-state index is 0.589. The number of rotatable bonds is 6. The van der Waals surface area contributed by atoms with Gasteiger partial charge in [-0.1, -0.05) is 140 Å². The van der Waals surface area contributed by atoms with Gasteiger partial charge in [0.2, 0.25) is 0 Å². The second-order valence-corrected chi connectivity index (χ2v) is 17.1. The van der Waals surface area contributed by atoms with Gasteiger partial charge in [-0.25, -0.2) is 15.0 Å². The van der Waals surface area contributed by atoms with Crippen LogP contribution >= 0.6 is 11.3 Å². The summed E-state index contributed by atoms with van der Waals surface area (Å²) in [6.07, 6.45) is 0. The van der Waals surface area contributed by atoms with E-state index in [0.29, 0.717) is 17.5 Å². The third-order valence-corrected chi connectivity index (χ3v) is 13.4. The molecule has 4 heterocycles. The van der Waals surface area contributed by atoms with Gasteiger partial charge in [-0.05, 0) is 89.0 Å². The predicted octanol–water partition coefficient (Wildman–Crippen LogP) is 15.6. The number of hydrogen-bond donors (Lipinski definition) is 0. The molecule has 0 spiro atoms. The topological polar surface area (TPSA) is 56.7 Å². The Bertz CT molecular complexity index is 3870. The summed E-state index contributed by atoms with van der Waals surface area (Å²) in [5.41, 5.74) is 12.6.